The molecular formula is C27H29FN2O4S. The molecule has 0 radical (unpaired) electrons. The lowest BCUT2D eigenvalue weighted by molar-refractivity contribution is -0.135. The van der Waals surface area contributed by atoms with Gasteiger partial charge in [0.1, 0.15) is 24.7 Å². The van der Waals surface area contributed by atoms with Crippen molar-refractivity contribution in [3.8, 4) is 5.75 Å². The van der Waals surface area contributed by atoms with E-state index in [4.69, 9.17) is 9.47 Å². The molecule has 0 bridgehead atoms. The molecule has 0 aliphatic carbocycles. The standard InChI is InChI=1S/C27H29FN2O4S/c1-33-16-5-14-29(27(32)20-8-10-21(28)11-9-20)18-26(31)30-15-12-25-23(13-17-35-25)24(30)19-34-22-6-3-2-4-7-22/h2-4,6-11,13,17,24H,5,12,14-16,18-19H2,1H3. The van der Waals surface area contributed by atoms with Crippen LogP contribution >= 0.6 is 11.3 Å². The molecule has 1 unspecified atom stereocenters. The number of amides is 2. The maximum Gasteiger partial charge on any atom is 0.254 e. The number of carbonyl (C=O) groups is 2. The topological polar surface area (TPSA) is 59.1 Å². The van der Waals surface area contributed by atoms with E-state index in [0.717, 1.165) is 17.7 Å². The number of hydrogen-bond acceptors (Lipinski definition) is 5. The summed E-state index contributed by atoms with van der Waals surface area (Å²) in [6, 6.07) is 16.7. The quantitative estimate of drug-likeness (QED) is 0.386. The Kier molecular flexibility index (Phi) is 8.50. The lowest BCUT2D eigenvalue weighted by Gasteiger charge is -2.37. The Hall–Kier alpha value is -3.23. The number of carbonyl (C=O) groups excluding carboxylic acids is 2. The molecule has 2 aromatic carbocycles. The van der Waals surface area contributed by atoms with Crippen LogP contribution in [0.25, 0.3) is 0 Å². The molecule has 8 heteroatoms. The summed E-state index contributed by atoms with van der Waals surface area (Å²) in [5, 5.41) is 2.04. The Bertz CT molecular complexity index is 1120. The monoisotopic (exact) mass is 496 g/mol. The predicted molar refractivity (Wildman–Crippen MR) is 133 cm³/mol. The number of rotatable bonds is 10. The molecule has 4 rings (SSSR count). The second-order valence-electron chi connectivity index (χ2n) is 8.36. The van der Waals surface area contributed by atoms with Gasteiger partial charge in [-0.3, -0.25) is 9.59 Å². The largest absolute Gasteiger partial charge is 0.491 e. The third kappa shape index (κ3) is 6.26. The first-order valence-corrected chi connectivity index (χ1v) is 12.5. The number of para-hydroxylation sites is 1. The third-order valence-corrected chi connectivity index (χ3v) is 7.04. The molecular weight excluding hydrogens is 467 g/mol. The molecule has 2 heterocycles. The van der Waals surface area contributed by atoms with Crippen LogP contribution in [-0.4, -0.2) is 61.6 Å². The molecule has 0 fully saturated rings. The van der Waals surface area contributed by atoms with Gasteiger partial charge in [0, 0.05) is 37.2 Å². The summed E-state index contributed by atoms with van der Waals surface area (Å²) in [6.45, 7) is 1.65. The zero-order valence-electron chi connectivity index (χ0n) is 19.7. The van der Waals surface area contributed by atoms with E-state index in [1.54, 1.807) is 18.4 Å². The zero-order chi connectivity index (χ0) is 24.6. The molecule has 184 valence electrons. The zero-order valence-corrected chi connectivity index (χ0v) is 20.5. The summed E-state index contributed by atoms with van der Waals surface area (Å²) in [5.74, 6) is -0.115. The summed E-state index contributed by atoms with van der Waals surface area (Å²) in [4.78, 5) is 31.4. The second kappa shape index (κ2) is 12.0. The van der Waals surface area contributed by atoms with Crippen molar-refractivity contribution in [2.75, 3.05) is 40.0 Å². The van der Waals surface area contributed by atoms with Gasteiger partial charge < -0.3 is 19.3 Å². The highest BCUT2D eigenvalue weighted by molar-refractivity contribution is 7.10. The number of thiophene rings is 1. The van der Waals surface area contributed by atoms with Crippen LogP contribution < -0.4 is 4.74 Å². The molecule has 0 saturated carbocycles. The highest BCUT2D eigenvalue weighted by atomic mass is 32.1. The van der Waals surface area contributed by atoms with E-state index in [0.29, 0.717) is 38.3 Å². The van der Waals surface area contributed by atoms with Crippen LogP contribution in [0.1, 0.15) is 33.3 Å². The van der Waals surface area contributed by atoms with Crippen molar-refractivity contribution in [2.24, 2.45) is 0 Å². The van der Waals surface area contributed by atoms with Crippen LogP contribution in [0.5, 0.6) is 5.75 Å². The number of fused-ring (bicyclic) bond motifs is 1. The molecule has 2 amide bonds. The van der Waals surface area contributed by atoms with E-state index in [9.17, 15) is 14.0 Å². The van der Waals surface area contributed by atoms with E-state index in [1.165, 1.54) is 34.0 Å². The fourth-order valence-electron chi connectivity index (χ4n) is 4.25. The Morgan fingerprint density at radius 3 is 2.63 bits per heavy atom. The van der Waals surface area contributed by atoms with Crippen LogP contribution in [0.2, 0.25) is 0 Å². The van der Waals surface area contributed by atoms with E-state index in [2.05, 4.69) is 6.07 Å². The Balaban J connectivity index is 1.51. The lowest BCUT2D eigenvalue weighted by Crippen LogP contribution is -2.48. The molecule has 0 N–H and O–H groups in total. The Morgan fingerprint density at radius 1 is 1.11 bits per heavy atom. The predicted octanol–water partition coefficient (Wildman–Crippen LogP) is 4.57. The van der Waals surface area contributed by atoms with Crippen molar-refractivity contribution in [2.45, 2.75) is 18.9 Å². The van der Waals surface area contributed by atoms with Crippen molar-refractivity contribution in [1.29, 1.82) is 0 Å². The fourth-order valence-corrected chi connectivity index (χ4v) is 5.18. The minimum absolute atomic E-state index is 0.0682. The Labute approximate surface area is 208 Å². The van der Waals surface area contributed by atoms with Gasteiger partial charge in [0.15, 0.2) is 0 Å². The molecule has 35 heavy (non-hydrogen) atoms. The number of halogens is 1. The first-order chi connectivity index (χ1) is 17.1. The highest BCUT2D eigenvalue weighted by Crippen LogP contribution is 2.34. The summed E-state index contributed by atoms with van der Waals surface area (Å²) >= 11 is 1.69. The van der Waals surface area contributed by atoms with Gasteiger partial charge in [-0.15, -0.1) is 11.3 Å². The van der Waals surface area contributed by atoms with Gasteiger partial charge in [-0.2, -0.15) is 0 Å². The molecule has 1 aliphatic rings. The lowest BCUT2D eigenvalue weighted by atomic mass is 10.0. The van der Waals surface area contributed by atoms with Crippen LogP contribution in [0.15, 0.2) is 66.0 Å². The average molecular weight is 497 g/mol. The molecule has 0 spiro atoms. The summed E-state index contributed by atoms with van der Waals surface area (Å²) in [6.07, 6.45) is 1.36. The second-order valence-corrected chi connectivity index (χ2v) is 9.36. The van der Waals surface area contributed by atoms with Gasteiger partial charge in [0.05, 0.1) is 6.04 Å². The van der Waals surface area contributed by atoms with Crippen molar-refractivity contribution < 1.29 is 23.5 Å². The van der Waals surface area contributed by atoms with Crippen LogP contribution in [0.4, 0.5) is 4.39 Å². The molecule has 1 aromatic heterocycles. The molecule has 1 aliphatic heterocycles. The maximum absolute atomic E-state index is 13.6. The van der Waals surface area contributed by atoms with E-state index in [-0.39, 0.29) is 24.4 Å². The van der Waals surface area contributed by atoms with E-state index in [1.807, 2.05) is 40.6 Å². The van der Waals surface area contributed by atoms with Gasteiger partial charge in [-0.05, 0) is 66.2 Å². The first-order valence-electron chi connectivity index (χ1n) is 11.6. The summed E-state index contributed by atoms with van der Waals surface area (Å²) in [5.41, 5.74) is 1.45. The van der Waals surface area contributed by atoms with E-state index >= 15 is 0 Å². The first kappa shape index (κ1) is 24.9. The van der Waals surface area contributed by atoms with Crippen molar-refractivity contribution in [1.82, 2.24) is 9.80 Å². The summed E-state index contributed by atoms with van der Waals surface area (Å²) in [7, 11) is 1.60. The van der Waals surface area contributed by atoms with Crippen LogP contribution in [0, 0.1) is 5.82 Å². The normalized spacial score (nSPS) is 14.9. The smallest absolute Gasteiger partial charge is 0.254 e. The minimum Gasteiger partial charge on any atom is -0.491 e. The van der Waals surface area contributed by atoms with Gasteiger partial charge >= 0.3 is 0 Å². The van der Waals surface area contributed by atoms with E-state index < -0.39 is 5.82 Å². The van der Waals surface area contributed by atoms with Crippen molar-refractivity contribution in [3.63, 3.8) is 0 Å². The van der Waals surface area contributed by atoms with Crippen molar-refractivity contribution in [3.05, 3.63) is 87.9 Å². The number of benzene rings is 2. The van der Waals surface area contributed by atoms with Gasteiger partial charge in [0.25, 0.3) is 5.91 Å². The van der Waals surface area contributed by atoms with Crippen molar-refractivity contribution >= 4 is 23.2 Å². The number of ether oxygens (including phenoxy) is 2. The summed E-state index contributed by atoms with van der Waals surface area (Å²) < 4.78 is 24.6. The maximum atomic E-state index is 13.6. The van der Waals surface area contributed by atoms with Crippen LogP contribution in [-0.2, 0) is 16.0 Å². The fraction of sp³-hybridized carbons (Fsp3) is 0.333. The number of methoxy groups -OCH3 is 1. The van der Waals surface area contributed by atoms with Gasteiger partial charge in [-0.25, -0.2) is 4.39 Å². The van der Waals surface area contributed by atoms with Gasteiger partial charge in [0.2, 0.25) is 5.91 Å². The Morgan fingerprint density at radius 2 is 1.89 bits per heavy atom. The SMILES string of the molecule is COCCCN(CC(=O)N1CCc2sccc2C1COc1ccccc1)C(=O)c1ccc(F)cc1. The average Bonchev–Trinajstić information content (AvgIpc) is 3.36. The molecule has 6 nitrogen and oxygen atoms in total. The molecule has 1 atom stereocenters. The number of hydrogen-bond donors (Lipinski definition) is 0. The molecule has 0 saturated heterocycles. The number of nitrogens with zero attached hydrogens (tertiary/aromatic N) is 2. The minimum atomic E-state index is -0.412. The third-order valence-electron chi connectivity index (χ3n) is 6.05. The molecule has 3 aromatic rings. The highest BCUT2D eigenvalue weighted by Gasteiger charge is 2.33. The van der Waals surface area contributed by atoms with Crippen LogP contribution in [0.3, 0.4) is 0 Å². The van der Waals surface area contributed by atoms with Gasteiger partial charge in [-0.1, -0.05) is 18.2 Å².